The molecule has 0 fully saturated rings. The van der Waals surface area contributed by atoms with E-state index in [2.05, 4.69) is 69.4 Å². The molecule has 0 N–H and O–H groups in total. The molecule has 0 bridgehead atoms. The standard InChI is InChI=1S/C52H86O6/c1-4-7-10-13-16-19-22-23-24-25-26-27-28-31-33-36-39-42-45-51(54)57-48-49(58-52(55)46-43-40-37-34-30-21-18-15-12-9-6-3)47-56-50(53)44-41-38-35-32-29-20-17-14-11-8-5-2/h10,13,15-16,18-19,21-27,30,49H,4-9,11-12,14,17,20,28-29,31-48H2,1-3H3/b13-10-,18-15-,19-16-,23-22-,25-24-,27-26-,30-21-. The lowest BCUT2D eigenvalue weighted by molar-refractivity contribution is -0.167. The molecule has 0 aromatic carbocycles. The number of unbranched alkanes of at least 4 members (excludes halogenated alkanes) is 21. The number of esters is 3. The summed E-state index contributed by atoms with van der Waals surface area (Å²) in [5.74, 6) is -0.956. The van der Waals surface area contributed by atoms with Gasteiger partial charge in [0.1, 0.15) is 13.2 Å². The van der Waals surface area contributed by atoms with Crippen molar-refractivity contribution >= 4 is 17.9 Å². The lowest BCUT2D eigenvalue weighted by Gasteiger charge is -2.18. The van der Waals surface area contributed by atoms with Gasteiger partial charge in [-0.1, -0.05) is 215 Å². The van der Waals surface area contributed by atoms with Crippen LogP contribution >= 0.6 is 0 Å². The second kappa shape index (κ2) is 46.3. The van der Waals surface area contributed by atoms with Crippen LogP contribution in [0.2, 0.25) is 0 Å². The zero-order valence-corrected chi connectivity index (χ0v) is 37.5. The van der Waals surface area contributed by atoms with E-state index in [-0.39, 0.29) is 37.5 Å². The third-order valence-corrected chi connectivity index (χ3v) is 9.76. The molecule has 6 heteroatoms. The molecule has 0 spiro atoms. The molecule has 0 aliphatic rings. The Morgan fingerprint density at radius 3 is 1.12 bits per heavy atom. The Balaban J connectivity index is 4.45. The van der Waals surface area contributed by atoms with Crippen LogP contribution in [-0.4, -0.2) is 37.2 Å². The smallest absolute Gasteiger partial charge is 0.306 e. The predicted molar refractivity (Wildman–Crippen MR) is 247 cm³/mol. The second-order valence-corrected chi connectivity index (χ2v) is 15.5. The van der Waals surface area contributed by atoms with Crippen LogP contribution in [0.25, 0.3) is 0 Å². The molecule has 0 radical (unpaired) electrons. The van der Waals surface area contributed by atoms with Gasteiger partial charge in [0.25, 0.3) is 0 Å². The molecular formula is C52H86O6. The largest absolute Gasteiger partial charge is 0.462 e. The number of carbonyl (C=O) groups is 3. The molecule has 0 aromatic heterocycles. The molecular weight excluding hydrogens is 721 g/mol. The Bertz CT molecular complexity index is 1160. The molecule has 330 valence electrons. The van der Waals surface area contributed by atoms with Crippen molar-refractivity contribution in [2.45, 2.75) is 213 Å². The van der Waals surface area contributed by atoms with E-state index in [0.29, 0.717) is 12.8 Å². The maximum atomic E-state index is 12.7. The average molecular weight is 807 g/mol. The fraction of sp³-hybridized carbons (Fsp3) is 0.673. The topological polar surface area (TPSA) is 78.9 Å². The van der Waals surface area contributed by atoms with Gasteiger partial charge in [-0.3, -0.25) is 14.4 Å². The lowest BCUT2D eigenvalue weighted by atomic mass is 10.1. The van der Waals surface area contributed by atoms with E-state index in [4.69, 9.17) is 14.2 Å². The molecule has 6 nitrogen and oxygen atoms in total. The quantitative estimate of drug-likeness (QED) is 0.0265. The molecule has 0 heterocycles. The molecule has 58 heavy (non-hydrogen) atoms. The minimum Gasteiger partial charge on any atom is -0.462 e. The summed E-state index contributed by atoms with van der Waals surface area (Å²) in [7, 11) is 0. The van der Waals surface area contributed by atoms with Gasteiger partial charge in [-0.2, -0.15) is 0 Å². The molecule has 0 aliphatic carbocycles. The van der Waals surface area contributed by atoms with Crippen LogP contribution < -0.4 is 0 Å². The highest BCUT2D eigenvalue weighted by atomic mass is 16.6. The van der Waals surface area contributed by atoms with Crippen LogP contribution in [0.5, 0.6) is 0 Å². The first kappa shape index (κ1) is 54.6. The Hall–Kier alpha value is -3.41. The molecule has 0 saturated carbocycles. The van der Waals surface area contributed by atoms with Gasteiger partial charge < -0.3 is 14.2 Å². The molecule has 0 rings (SSSR count). The van der Waals surface area contributed by atoms with Gasteiger partial charge in [0, 0.05) is 19.3 Å². The normalized spacial score (nSPS) is 12.8. The Kier molecular flexibility index (Phi) is 43.6. The Morgan fingerprint density at radius 1 is 0.345 bits per heavy atom. The molecule has 0 amide bonds. The van der Waals surface area contributed by atoms with Crippen molar-refractivity contribution in [2.24, 2.45) is 0 Å². The van der Waals surface area contributed by atoms with Crippen molar-refractivity contribution in [1.29, 1.82) is 0 Å². The van der Waals surface area contributed by atoms with Gasteiger partial charge in [-0.15, -0.1) is 0 Å². The van der Waals surface area contributed by atoms with E-state index >= 15 is 0 Å². The lowest BCUT2D eigenvalue weighted by Crippen LogP contribution is -2.30. The van der Waals surface area contributed by atoms with Crippen LogP contribution in [0.3, 0.4) is 0 Å². The zero-order chi connectivity index (χ0) is 42.3. The van der Waals surface area contributed by atoms with Crippen LogP contribution in [0.1, 0.15) is 207 Å². The summed E-state index contributed by atoms with van der Waals surface area (Å²) in [6, 6.07) is 0. The van der Waals surface area contributed by atoms with Crippen LogP contribution in [0.4, 0.5) is 0 Å². The SMILES string of the molecule is CCC\C=C/C=C\C=C/C=C\C=C/CCCCCCCC(=O)OCC(COC(=O)CCCCCCCCCCCCC)OC(=O)CCCCC/C=C\C=C/CCCC. The molecule has 0 aromatic rings. The number of ether oxygens (including phenoxy) is 3. The first-order chi connectivity index (χ1) is 28.5. The summed E-state index contributed by atoms with van der Waals surface area (Å²) in [4.78, 5) is 37.8. The third-order valence-electron chi connectivity index (χ3n) is 9.76. The number of hydrogen-bond donors (Lipinski definition) is 0. The Morgan fingerprint density at radius 2 is 0.672 bits per heavy atom. The molecule has 0 aliphatic heterocycles. The number of allylic oxidation sites excluding steroid dienone is 14. The summed E-state index contributed by atoms with van der Waals surface area (Å²) in [6.07, 6.45) is 58.4. The van der Waals surface area contributed by atoms with Gasteiger partial charge in [-0.25, -0.2) is 0 Å². The number of carbonyl (C=O) groups excluding carboxylic acids is 3. The first-order valence-electron chi connectivity index (χ1n) is 23.7. The van der Waals surface area contributed by atoms with E-state index in [1.165, 1.54) is 70.6 Å². The van der Waals surface area contributed by atoms with E-state index in [9.17, 15) is 14.4 Å². The van der Waals surface area contributed by atoms with E-state index in [1.807, 2.05) is 36.5 Å². The first-order valence-corrected chi connectivity index (χ1v) is 23.7. The summed E-state index contributed by atoms with van der Waals surface area (Å²) >= 11 is 0. The van der Waals surface area contributed by atoms with E-state index < -0.39 is 6.10 Å². The van der Waals surface area contributed by atoms with Gasteiger partial charge in [0.2, 0.25) is 0 Å². The van der Waals surface area contributed by atoms with Crippen molar-refractivity contribution in [2.75, 3.05) is 13.2 Å². The molecule has 1 atom stereocenters. The maximum absolute atomic E-state index is 12.7. The average Bonchev–Trinajstić information content (AvgIpc) is 3.22. The summed E-state index contributed by atoms with van der Waals surface area (Å²) < 4.78 is 16.7. The number of rotatable bonds is 41. The summed E-state index contributed by atoms with van der Waals surface area (Å²) in [5, 5.41) is 0. The van der Waals surface area contributed by atoms with Crippen LogP contribution in [-0.2, 0) is 28.6 Å². The third kappa shape index (κ3) is 43.7. The highest BCUT2D eigenvalue weighted by Crippen LogP contribution is 2.14. The predicted octanol–water partition coefficient (Wildman–Crippen LogP) is 15.3. The van der Waals surface area contributed by atoms with E-state index in [0.717, 1.165) is 96.3 Å². The highest BCUT2D eigenvalue weighted by Gasteiger charge is 2.19. The van der Waals surface area contributed by atoms with Crippen molar-refractivity contribution in [3.8, 4) is 0 Å². The monoisotopic (exact) mass is 807 g/mol. The fourth-order valence-corrected chi connectivity index (χ4v) is 6.15. The van der Waals surface area contributed by atoms with Crippen molar-refractivity contribution < 1.29 is 28.6 Å². The second-order valence-electron chi connectivity index (χ2n) is 15.5. The Labute approximate surface area is 356 Å². The van der Waals surface area contributed by atoms with E-state index in [1.54, 1.807) is 0 Å². The fourth-order valence-electron chi connectivity index (χ4n) is 6.15. The minimum absolute atomic E-state index is 0.0955. The molecule has 1 unspecified atom stereocenters. The zero-order valence-electron chi connectivity index (χ0n) is 37.5. The van der Waals surface area contributed by atoms with Gasteiger partial charge in [-0.05, 0) is 57.8 Å². The van der Waals surface area contributed by atoms with Crippen molar-refractivity contribution in [1.82, 2.24) is 0 Å². The molecule has 0 saturated heterocycles. The van der Waals surface area contributed by atoms with Gasteiger partial charge in [0.05, 0.1) is 0 Å². The van der Waals surface area contributed by atoms with Crippen LogP contribution in [0, 0.1) is 0 Å². The van der Waals surface area contributed by atoms with Crippen LogP contribution in [0.15, 0.2) is 85.1 Å². The minimum atomic E-state index is -0.798. The highest BCUT2D eigenvalue weighted by molar-refractivity contribution is 5.71. The van der Waals surface area contributed by atoms with Gasteiger partial charge >= 0.3 is 17.9 Å². The maximum Gasteiger partial charge on any atom is 0.306 e. The van der Waals surface area contributed by atoms with Gasteiger partial charge in [0.15, 0.2) is 6.10 Å². The summed E-state index contributed by atoms with van der Waals surface area (Å²) in [6.45, 7) is 6.42. The number of hydrogen-bond acceptors (Lipinski definition) is 6. The van der Waals surface area contributed by atoms with Crippen molar-refractivity contribution in [3.63, 3.8) is 0 Å². The van der Waals surface area contributed by atoms with Crippen molar-refractivity contribution in [3.05, 3.63) is 85.1 Å². The summed E-state index contributed by atoms with van der Waals surface area (Å²) in [5.41, 5.74) is 0.